The molecule has 0 amide bonds. The van der Waals surface area contributed by atoms with Crippen molar-refractivity contribution in [1.29, 1.82) is 5.40 Å². The van der Waals surface area contributed by atoms with Gasteiger partial charge in [0.1, 0.15) is 12.1 Å². The van der Waals surface area contributed by atoms with Gasteiger partial charge in [-0.1, -0.05) is 0 Å². The van der Waals surface area contributed by atoms with Gasteiger partial charge in [-0.2, -0.15) is 0 Å². The van der Waals surface area contributed by atoms with Gasteiger partial charge in [-0.15, -0.1) is 0 Å². The van der Waals surface area contributed by atoms with Crippen LogP contribution < -0.4 is 22.5 Å². The number of nitrogens with two attached hydrogens (primary N) is 3. The van der Waals surface area contributed by atoms with Crippen molar-refractivity contribution in [2.45, 2.75) is 37.8 Å². The first-order valence-electron chi connectivity index (χ1n) is 6.76. The van der Waals surface area contributed by atoms with Gasteiger partial charge in [0.15, 0.2) is 7.37 Å². The van der Waals surface area contributed by atoms with E-state index in [0.29, 0.717) is 19.4 Å². The van der Waals surface area contributed by atoms with E-state index < -0.39 is 30.0 Å². The third-order valence-electron chi connectivity index (χ3n) is 2.30. The van der Waals surface area contributed by atoms with Crippen molar-refractivity contribution in [3.63, 3.8) is 0 Å². The topological polar surface area (TPSA) is 226 Å². The van der Waals surface area contributed by atoms with Crippen molar-refractivity contribution in [3.8, 4) is 0 Å². The average Bonchev–Trinajstić information content (AvgIpc) is 2.48. The highest BCUT2D eigenvalue weighted by atomic mass is 16.4. The van der Waals surface area contributed by atoms with Gasteiger partial charge in [0.25, 0.3) is 0 Å². The first kappa shape index (κ1) is 19.6. The molecule has 0 rings (SSSR count). The Morgan fingerprint density at radius 3 is 2.00 bits per heavy atom. The molecule has 0 aromatic rings. The quantitative estimate of drug-likeness (QED) is 0.131. The Hall–Kier alpha value is -2.40. The summed E-state index contributed by atoms with van der Waals surface area (Å²) < 4.78 is 6.48. The van der Waals surface area contributed by atoms with Gasteiger partial charge in [0, 0.05) is 13.0 Å². The minimum absolute atomic E-state index is 0.0175. The highest BCUT2D eigenvalue weighted by Gasteiger charge is 2.12. The molecule has 11 heteroatoms. The first-order valence-corrected chi connectivity index (χ1v) is 6.31. The Balaban J connectivity index is 0. The fraction of sp³-hybridized carbons (Fsp3) is 0.636. The van der Waals surface area contributed by atoms with E-state index in [4.69, 9.17) is 33.9 Å². The van der Waals surface area contributed by atoms with Crippen LogP contribution in [-0.4, -0.2) is 57.8 Å². The third-order valence-corrected chi connectivity index (χ3v) is 2.30. The SMILES string of the molecule is N[C@@H](CCC(=O)O)C(=O)O.[H]/N=C(\N)NCCC[C@@H](N)C(=O)O. The molecular formula is C11H23N5O6. The maximum absolute atomic E-state index is 10.3. The predicted octanol–water partition coefficient (Wildman–Crippen LogP) is -2.08. The molecule has 0 aliphatic rings. The number of aliphatic carboxylic acids is 3. The zero-order chi connectivity index (χ0) is 18.4. The number of rotatable bonds is 9. The summed E-state index contributed by atoms with van der Waals surface area (Å²) in [5, 5.41) is 30.2. The van der Waals surface area contributed by atoms with E-state index in [1.54, 1.807) is 0 Å². The normalized spacial score (nSPS) is 13.9. The molecule has 0 bridgehead atoms. The lowest BCUT2D eigenvalue weighted by atomic mass is 10.2. The molecule has 0 aromatic carbocycles. The van der Waals surface area contributed by atoms with Crippen LogP contribution in [0.25, 0.3) is 0 Å². The molecule has 0 unspecified atom stereocenters. The lowest BCUT2D eigenvalue weighted by Gasteiger charge is -2.06. The summed E-state index contributed by atoms with van der Waals surface area (Å²) in [5.41, 5.74) is 15.4. The van der Waals surface area contributed by atoms with E-state index in [0.717, 1.165) is 0 Å². The number of hydrogen-bond acceptors (Lipinski definition) is 6. The monoisotopic (exact) mass is 321 g/mol. The van der Waals surface area contributed by atoms with Gasteiger partial charge in [-0.3, -0.25) is 19.8 Å². The molecule has 2 atom stereocenters. The van der Waals surface area contributed by atoms with Crippen LogP contribution >= 0.6 is 0 Å². The van der Waals surface area contributed by atoms with Crippen LogP contribution in [0.5, 0.6) is 0 Å². The molecule has 128 valence electrons. The molecule has 0 saturated carbocycles. The Labute approximate surface area is 128 Å². The Bertz CT molecular complexity index is 420. The summed E-state index contributed by atoms with van der Waals surface area (Å²) in [4.78, 5) is 30.1. The van der Waals surface area contributed by atoms with Crippen molar-refractivity contribution < 1.29 is 31.1 Å². The van der Waals surface area contributed by atoms with Crippen molar-refractivity contribution in [2.75, 3.05) is 6.54 Å². The number of hydrogen-bond donors (Lipinski definition) is 8. The molecule has 0 aliphatic heterocycles. The van der Waals surface area contributed by atoms with E-state index in [1.807, 2.05) is 0 Å². The van der Waals surface area contributed by atoms with Crippen molar-refractivity contribution >= 4 is 23.9 Å². The van der Waals surface area contributed by atoms with E-state index in [9.17, 15) is 14.4 Å². The van der Waals surface area contributed by atoms with Crippen molar-refractivity contribution in [2.24, 2.45) is 17.2 Å². The third kappa shape index (κ3) is 15.7. The van der Waals surface area contributed by atoms with E-state index in [-0.39, 0.29) is 18.8 Å². The second-order valence-electron chi connectivity index (χ2n) is 4.28. The van der Waals surface area contributed by atoms with Gasteiger partial charge in [-0.25, -0.2) is 0 Å². The number of carbonyl (C=O) groups is 3. The van der Waals surface area contributed by atoms with Crippen LogP contribution in [0.15, 0.2) is 0 Å². The fourth-order valence-corrected chi connectivity index (χ4v) is 1.06. The van der Waals surface area contributed by atoms with Gasteiger partial charge in [-0.05, 0) is 19.3 Å². The van der Waals surface area contributed by atoms with E-state index in [2.05, 4.69) is 10.7 Å². The van der Waals surface area contributed by atoms with E-state index >= 15 is 0 Å². The molecular weight excluding hydrogens is 298 g/mol. The smallest absolute Gasteiger partial charge is 0.320 e. The van der Waals surface area contributed by atoms with Crippen molar-refractivity contribution in [3.05, 3.63) is 0 Å². The minimum atomic E-state index is -1.17. The molecule has 11 N–H and O–H groups in total. The summed E-state index contributed by atoms with van der Waals surface area (Å²) in [6.07, 6.45) is 0.718. The molecule has 11 nitrogen and oxygen atoms in total. The van der Waals surface area contributed by atoms with Gasteiger partial charge in [0.2, 0.25) is 0 Å². The zero-order valence-corrected chi connectivity index (χ0v) is 11.9. The van der Waals surface area contributed by atoms with Crippen LogP contribution in [0.1, 0.15) is 25.7 Å². The molecule has 0 spiro atoms. The lowest BCUT2D eigenvalue weighted by molar-refractivity contribution is -0.140. The molecule has 0 saturated heterocycles. The van der Waals surface area contributed by atoms with Gasteiger partial charge < -0.3 is 37.8 Å². The number of carboxylic acid groups (broad SMARTS) is 3. The summed E-state index contributed by atoms with van der Waals surface area (Å²) >= 11 is 0. The summed E-state index contributed by atoms with van der Waals surface area (Å²) in [7, 11) is 0. The van der Waals surface area contributed by atoms with Crippen molar-refractivity contribution in [1.82, 2.24) is 5.32 Å². The minimum Gasteiger partial charge on any atom is -0.481 e. The maximum atomic E-state index is 10.3. The lowest BCUT2D eigenvalue weighted by Crippen LogP contribution is -2.34. The molecule has 22 heavy (non-hydrogen) atoms. The van der Waals surface area contributed by atoms with Crippen LogP contribution in [0.3, 0.4) is 0 Å². The Kier molecular flexibility index (Phi) is 11.0. The summed E-state index contributed by atoms with van der Waals surface area (Å²) in [6.45, 7) is 0.467. The average molecular weight is 321 g/mol. The summed E-state index contributed by atoms with van der Waals surface area (Å²) in [5.74, 6) is -3.19. The number of guanidine groups is 1. The standard InChI is InChI=1S/C6H14N4O2.C5H9NO4/c7-4(5(11)12)2-1-3-10-6(8)9;6-3(5(9)10)1-2-4(7)8/h4H,1-3,7H2,(H,11,12)(H4,8,9,10);3H,1-2,6H2,(H,7,8)(H,9,10)/t4-;3-/m10/s1. The van der Waals surface area contributed by atoms with Gasteiger partial charge in [0.05, 0.1) is 0 Å². The Morgan fingerprint density at radius 1 is 1.09 bits per heavy atom. The van der Waals surface area contributed by atoms with Crippen LogP contribution in [0.4, 0.5) is 0 Å². The molecule has 0 fully saturated rings. The fourth-order valence-electron chi connectivity index (χ4n) is 1.06. The molecule has 0 heterocycles. The number of carboxylic acids is 3. The molecule has 0 aromatic heterocycles. The largest absolute Gasteiger partial charge is 0.481 e. The Morgan fingerprint density at radius 2 is 1.59 bits per heavy atom. The highest BCUT2D eigenvalue weighted by Crippen LogP contribution is 1.93. The summed E-state index contributed by atoms with van der Waals surface area (Å²) in [6, 6.07) is -1.90. The second-order valence-corrected chi connectivity index (χ2v) is 4.28. The molecule has 0 aliphatic carbocycles. The van der Waals surface area contributed by atoms with Crippen LogP contribution in [-0.2, 0) is 14.4 Å². The number of nitrogens with one attached hydrogen (secondary N) is 2. The van der Waals surface area contributed by atoms with Crippen LogP contribution in [0.2, 0.25) is 1.41 Å². The zero-order valence-electron chi connectivity index (χ0n) is 12.9. The highest BCUT2D eigenvalue weighted by molar-refractivity contribution is 5.75. The van der Waals surface area contributed by atoms with Gasteiger partial charge >= 0.3 is 17.9 Å². The van der Waals surface area contributed by atoms with Crippen LogP contribution in [0, 0.1) is 5.40 Å². The molecule has 0 radical (unpaired) electrons. The maximum Gasteiger partial charge on any atom is 0.320 e. The van der Waals surface area contributed by atoms with E-state index in [1.165, 1.54) is 0 Å². The first-order chi connectivity index (χ1) is 10.6. The predicted molar refractivity (Wildman–Crippen MR) is 77.2 cm³/mol. The second kappa shape index (κ2) is 12.3.